The molecule has 0 aliphatic rings. The standard InChI is InChI=1S/C35H32F6O4/c1-4-21(15-17-44-22-7-9-24(28(36)19-22)26-11-13-30(42-5-2)34(40)32(26)38)16-18-45-23-8-10-25(29(37)20-23)27-12-14-31(43-6-3)35(41)33(27)39/h4,7-14,19-21H,1,5-6,15-18H2,2-3H3. The van der Waals surface area contributed by atoms with E-state index < -0.39 is 34.9 Å². The van der Waals surface area contributed by atoms with Crippen molar-refractivity contribution in [2.24, 2.45) is 5.92 Å². The third-order valence-electron chi connectivity index (χ3n) is 7.00. The molecule has 0 amide bonds. The fourth-order valence-electron chi connectivity index (χ4n) is 4.66. The number of ether oxygens (including phenoxy) is 4. The van der Waals surface area contributed by atoms with Crippen molar-refractivity contribution in [3.63, 3.8) is 0 Å². The van der Waals surface area contributed by atoms with E-state index in [-0.39, 0.29) is 77.6 Å². The molecule has 0 bridgehead atoms. The van der Waals surface area contributed by atoms with E-state index in [0.717, 1.165) is 12.1 Å². The molecule has 4 rings (SSSR count). The Kier molecular flexibility index (Phi) is 11.4. The molecule has 0 saturated carbocycles. The zero-order valence-electron chi connectivity index (χ0n) is 24.8. The van der Waals surface area contributed by atoms with Crippen molar-refractivity contribution >= 4 is 0 Å². The normalized spacial score (nSPS) is 11.0. The molecule has 0 heterocycles. The minimum absolute atomic E-state index is 0.0555. The average Bonchev–Trinajstić information content (AvgIpc) is 3.02. The van der Waals surface area contributed by atoms with Gasteiger partial charge in [0.25, 0.3) is 0 Å². The molecule has 10 heteroatoms. The summed E-state index contributed by atoms with van der Waals surface area (Å²) >= 11 is 0. The van der Waals surface area contributed by atoms with Crippen LogP contribution >= 0.6 is 0 Å². The Balaban J connectivity index is 1.29. The summed E-state index contributed by atoms with van der Waals surface area (Å²) in [5, 5.41) is 0. The van der Waals surface area contributed by atoms with Crippen LogP contribution in [-0.4, -0.2) is 26.4 Å². The molecule has 0 aliphatic carbocycles. The van der Waals surface area contributed by atoms with E-state index in [9.17, 15) is 26.3 Å². The van der Waals surface area contributed by atoms with Crippen LogP contribution in [0.2, 0.25) is 0 Å². The minimum Gasteiger partial charge on any atom is -0.493 e. The zero-order valence-corrected chi connectivity index (χ0v) is 24.8. The second-order valence-corrected chi connectivity index (χ2v) is 9.90. The summed E-state index contributed by atoms with van der Waals surface area (Å²) in [4.78, 5) is 0. The van der Waals surface area contributed by atoms with Gasteiger partial charge in [0.2, 0.25) is 11.6 Å². The molecule has 0 radical (unpaired) electrons. The summed E-state index contributed by atoms with van der Waals surface area (Å²) in [6.07, 6.45) is 2.72. The molecule has 0 fully saturated rings. The monoisotopic (exact) mass is 630 g/mol. The van der Waals surface area contributed by atoms with Gasteiger partial charge < -0.3 is 18.9 Å². The molecule has 4 aromatic rings. The van der Waals surface area contributed by atoms with Crippen molar-refractivity contribution in [2.45, 2.75) is 26.7 Å². The van der Waals surface area contributed by atoms with Gasteiger partial charge in [0.1, 0.15) is 23.1 Å². The van der Waals surface area contributed by atoms with Crippen LogP contribution in [0.1, 0.15) is 26.7 Å². The molecule has 0 spiro atoms. The van der Waals surface area contributed by atoms with Crippen molar-refractivity contribution in [1.82, 2.24) is 0 Å². The number of allylic oxidation sites excluding steroid dienone is 1. The Labute approximate surface area is 257 Å². The predicted molar refractivity (Wildman–Crippen MR) is 160 cm³/mol. The van der Waals surface area contributed by atoms with Gasteiger partial charge in [-0.05, 0) is 81.1 Å². The lowest BCUT2D eigenvalue weighted by atomic mass is 10.0. The first kappa shape index (κ1) is 33.3. The van der Waals surface area contributed by atoms with E-state index in [4.69, 9.17) is 18.9 Å². The summed E-state index contributed by atoms with van der Waals surface area (Å²) < 4.78 is 109. The van der Waals surface area contributed by atoms with Crippen molar-refractivity contribution in [1.29, 1.82) is 0 Å². The highest BCUT2D eigenvalue weighted by molar-refractivity contribution is 5.68. The fourth-order valence-corrected chi connectivity index (χ4v) is 4.66. The summed E-state index contributed by atoms with van der Waals surface area (Å²) in [6, 6.07) is 12.8. The summed E-state index contributed by atoms with van der Waals surface area (Å²) in [5.41, 5.74) is -0.717. The second kappa shape index (κ2) is 15.4. The molecule has 0 aliphatic heterocycles. The first-order valence-electron chi connectivity index (χ1n) is 14.4. The molecule has 0 saturated heterocycles. The number of rotatable bonds is 15. The summed E-state index contributed by atoms with van der Waals surface area (Å²) in [7, 11) is 0. The van der Waals surface area contributed by atoms with E-state index >= 15 is 0 Å². The molecule has 0 unspecified atom stereocenters. The molecule has 45 heavy (non-hydrogen) atoms. The maximum Gasteiger partial charge on any atom is 0.201 e. The van der Waals surface area contributed by atoms with Gasteiger partial charge in [-0.15, -0.1) is 6.58 Å². The summed E-state index contributed by atoms with van der Waals surface area (Å²) in [5.74, 6) is -6.49. The average molecular weight is 631 g/mol. The van der Waals surface area contributed by atoms with Crippen LogP contribution in [0.5, 0.6) is 23.0 Å². The van der Waals surface area contributed by atoms with E-state index in [1.807, 2.05) is 0 Å². The van der Waals surface area contributed by atoms with Crippen LogP contribution in [-0.2, 0) is 0 Å². The van der Waals surface area contributed by atoms with E-state index in [0.29, 0.717) is 12.8 Å². The molecular formula is C35H32F6O4. The molecular weight excluding hydrogens is 598 g/mol. The topological polar surface area (TPSA) is 36.9 Å². The van der Waals surface area contributed by atoms with E-state index in [1.54, 1.807) is 19.9 Å². The Morgan fingerprint density at radius 2 is 0.956 bits per heavy atom. The van der Waals surface area contributed by atoms with Crippen molar-refractivity contribution in [3.8, 4) is 45.3 Å². The van der Waals surface area contributed by atoms with Crippen LogP contribution in [0.3, 0.4) is 0 Å². The van der Waals surface area contributed by atoms with Crippen molar-refractivity contribution < 1.29 is 45.3 Å². The Hall–Kier alpha value is -4.60. The first-order chi connectivity index (χ1) is 21.7. The Morgan fingerprint density at radius 3 is 1.31 bits per heavy atom. The van der Waals surface area contributed by atoms with Crippen LogP contribution < -0.4 is 18.9 Å². The van der Waals surface area contributed by atoms with Crippen LogP contribution in [0.15, 0.2) is 73.3 Å². The van der Waals surface area contributed by atoms with Gasteiger partial charge in [0.05, 0.1) is 26.4 Å². The fraction of sp³-hybridized carbons (Fsp3) is 0.257. The number of hydrogen-bond donors (Lipinski definition) is 0. The van der Waals surface area contributed by atoms with Crippen molar-refractivity contribution in [3.05, 3.63) is 108 Å². The van der Waals surface area contributed by atoms with Gasteiger partial charge in [-0.1, -0.05) is 6.08 Å². The third kappa shape index (κ3) is 7.92. The van der Waals surface area contributed by atoms with Gasteiger partial charge >= 0.3 is 0 Å². The molecule has 0 aromatic heterocycles. The van der Waals surface area contributed by atoms with E-state index in [2.05, 4.69) is 6.58 Å². The molecule has 0 N–H and O–H groups in total. The lowest BCUT2D eigenvalue weighted by molar-refractivity contribution is 0.255. The third-order valence-corrected chi connectivity index (χ3v) is 7.00. The second-order valence-electron chi connectivity index (χ2n) is 9.90. The van der Waals surface area contributed by atoms with Gasteiger partial charge in [-0.3, -0.25) is 0 Å². The smallest absolute Gasteiger partial charge is 0.201 e. The number of hydrogen-bond acceptors (Lipinski definition) is 4. The quantitative estimate of drug-likeness (QED) is 0.0968. The van der Waals surface area contributed by atoms with Gasteiger partial charge in [-0.25, -0.2) is 17.6 Å². The predicted octanol–water partition coefficient (Wildman–Crippen LogP) is 9.69. The van der Waals surface area contributed by atoms with Gasteiger partial charge in [0, 0.05) is 34.4 Å². The first-order valence-corrected chi connectivity index (χ1v) is 14.4. The number of benzene rings is 4. The SMILES string of the molecule is C=CC(CCOc1ccc(-c2ccc(OCC)c(F)c2F)c(F)c1)CCOc1ccc(-c2ccc(OCC)c(F)c2F)c(F)c1. The van der Waals surface area contributed by atoms with Crippen molar-refractivity contribution in [2.75, 3.05) is 26.4 Å². The molecule has 238 valence electrons. The zero-order chi connectivity index (χ0) is 32.5. The highest BCUT2D eigenvalue weighted by Crippen LogP contribution is 2.34. The summed E-state index contributed by atoms with van der Waals surface area (Å²) in [6.45, 7) is 7.81. The highest BCUT2D eigenvalue weighted by atomic mass is 19.2. The minimum atomic E-state index is -1.21. The van der Waals surface area contributed by atoms with Crippen LogP contribution in [0.25, 0.3) is 22.3 Å². The molecule has 4 aromatic carbocycles. The van der Waals surface area contributed by atoms with Gasteiger partial charge in [0.15, 0.2) is 23.1 Å². The van der Waals surface area contributed by atoms with Gasteiger partial charge in [-0.2, -0.15) is 8.78 Å². The lowest BCUT2D eigenvalue weighted by Crippen LogP contribution is -2.09. The number of halogens is 6. The molecule has 4 nitrogen and oxygen atoms in total. The van der Waals surface area contributed by atoms with E-state index in [1.165, 1.54) is 48.5 Å². The Bertz CT molecular complexity index is 1520. The van der Waals surface area contributed by atoms with Crippen LogP contribution in [0, 0.1) is 40.8 Å². The van der Waals surface area contributed by atoms with Crippen LogP contribution in [0.4, 0.5) is 26.3 Å². The molecule has 0 atom stereocenters. The maximum atomic E-state index is 14.8. The Morgan fingerprint density at radius 1 is 0.556 bits per heavy atom. The largest absolute Gasteiger partial charge is 0.493 e. The maximum absolute atomic E-state index is 14.8. The highest BCUT2D eigenvalue weighted by Gasteiger charge is 2.20. The lowest BCUT2D eigenvalue weighted by Gasteiger charge is -2.15.